The van der Waals surface area contributed by atoms with Crippen molar-refractivity contribution in [1.29, 1.82) is 0 Å². The molecular weight excluding hydrogens is 310 g/mol. The van der Waals surface area contributed by atoms with E-state index in [1.807, 2.05) is 46.3 Å². The maximum Gasteiger partial charge on any atom is 0.233 e. The van der Waals surface area contributed by atoms with E-state index in [-0.39, 0.29) is 17.2 Å². The molecule has 0 saturated carbocycles. The van der Waals surface area contributed by atoms with Gasteiger partial charge in [0, 0.05) is 13.6 Å². The van der Waals surface area contributed by atoms with Gasteiger partial charge in [-0.1, -0.05) is 42.1 Å². The third-order valence-corrected chi connectivity index (χ3v) is 4.75. The molecule has 1 heterocycles. The topological polar surface area (TPSA) is 63.1 Å². The number of amides is 1. The Morgan fingerprint density at radius 3 is 2.61 bits per heavy atom. The lowest BCUT2D eigenvalue weighted by atomic mass is 10.1. The van der Waals surface area contributed by atoms with Crippen LogP contribution < -0.4 is 5.32 Å². The van der Waals surface area contributed by atoms with Gasteiger partial charge in [-0.05, 0) is 26.6 Å². The van der Waals surface area contributed by atoms with E-state index in [4.69, 9.17) is 0 Å². The highest BCUT2D eigenvalue weighted by Gasteiger charge is 2.20. The second kappa shape index (κ2) is 8.12. The molecule has 0 aliphatic carbocycles. The molecule has 7 heteroatoms. The van der Waals surface area contributed by atoms with Crippen molar-refractivity contribution in [2.75, 3.05) is 20.6 Å². The number of rotatable bonds is 7. The van der Waals surface area contributed by atoms with Crippen LogP contribution in [0.3, 0.4) is 0 Å². The minimum absolute atomic E-state index is 0.000723. The van der Waals surface area contributed by atoms with Crippen LogP contribution >= 0.6 is 11.8 Å². The largest absolute Gasteiger partial charge is 0.353 e. The second-order valence-electron chi connectivity index (χ2n) is 5.62. The lowest BCUT2D eigenvalue weighted by Crippen LogP contribution is -2.38. The molecule has 0 fully saturated rings. The van der Waals surface area contributed by atoms with E-state index in [1.165, 1.54) is 17.3 Å². The SMILES string of the molecule is CC(Sc1nncn1C)C(=O)NCC(c1ccccc1)N(C)C. The number of nitrogens with zero attached hydrogens (tertiary/aromatic N) is 4. The average molecular weight is 333 g/mol. The van der Waals surface area contributed by atoms with Crippen molar-refractivity contribution in [1.82, 2.24) is 25.0 Å². The number of hydrogen-bond acceptors (Lipinski definition) is 5. The van der Waals surface area contributed by atoms with E-state index in [9.17, 15) is 4.79 Å². The third kappa shape index (κ3) is 4.80. The standard InChI is InChI=1S/C16H23N5OS/c1-12(23-16-19-18-11-21(16)4)15(22)17-10-14(20(2)3)13-8-6-5-7-9-13/h5-9,11-12,14H,10H2,1-4H3,(H,17,22). The number of hydrogen-bond donors (Lipinski definition) is 1. The summed E-state index contributed by atoms with van der Waals surface area (Å²) in [6.45, 7) is 2.45. The minimum atomic E-state index is -0.225. The van der Waals surface area contributed by atoms with Crippen LogP contribution in [0.5, 0.6) is 0 Å². The molecule has 2 rings (SSSR count). The fraction of sp³-hybridized carbons (Fsp3) is 0.438. The smallest absolute Gasteiger partial charge is 0.233 e. The molecule has 2 unspecified atom stereocenters. The monoisotopic (exact) mass is 333 g/mol. The van der Waals surface area contributed by atoms with Crippen LogP contribution in [-0.4, -0.2) is 51.5 Å². The van der Waals surface area contributed by atoms with E-state index < -0.39 is 0 Å². The molecule has 1 N–H and O–H groups in total. The molecule has 0 aliphatic rings. The molecule has 23 heavy (non-hydrogen) atoms. The van der Waals surface area contributed by atoms with E-state index in [0.717, 1.165) is 5.16 Å². The Labute approximate surface area is 141 Å². The first kappa shape index (κ1) is 17.5. The molecule has 0 bridgehead atoms. The zero-order chi connectivity index (χ0) is 16.8. The summed E-state index contributed by atoms with van der Waals surface area (Å²) >= 11 is 1.40. The lowest BCUT2D eigenvalue weighted by Gasteiger charge is -2.25. The van der Waals surface area contributed by atoms with Crippen LogP contribution in [0.1, 0.15) is 18.5 Å². The maximum atomic E-state index is 12.3. The summed E-state index contributed by atoms with van der Waals surface area (Å²) in [6, 6.07) is 10.3. The quantitative estimate of drug-likeness (QED) is 0.782. The average Bonchev–Trinajstić information content (AvgIpc) is 2.93. The fourth-order valence-electron chi connectivity index (χ4n) is 2.21. The Morgan fingerprint density at radius 2 is 2.04 bits per heavy atom. The molecule has 6 nitrogen and oxygen atoms in total. The number of nitrogens with one attached hydrogen (secondary N) is 1. The van der Waals surface area contributed by atoms with Crippen molar-refractivity contribution in [3.05, 3.63) is 42.2 Å². The Hall–Kier alpha value is -1.86. The van der Waals surface area contributed by atoms with Crippen LogP contribution in [-0.2, 0) is 11.8 Å². The zero-order valence-electron chi connectivity index (χ0n) is 13.9. The zero-order valence-corrected chi connectivity index (χ0v) is 14.7. The fourth-order valence-corrected chi connectivity index (χ4v) is 3.02. The predicted octanol–water partition coefficient (Wildman–Crippen LogP) is 1.71. The molecule has 1 aromatic heterocycles. The Morgan fingerprint density at radius 1 is 1.35 bits per heavy atom. The van der Waals surface area contributed by atoms with Crippen LogP contribution in [0.4, 0.5) is 0 Å². The van der Waals surface area contributed by atoms with Gasteiger partial charge in [0.15, 0.2) is 5.16 Å². The normalized spacial score (nSPS) is 13.8. The molecule has 0 aliphatic heterocycles. The van der Waals surface area contributed by atoms with Crippen molar-refractivity contribution < 1.29 is 4.79 Å². The molecule has 124 valence electrons. The Balaban J connectivity index is 1.92. The first-order chi connectivity index (χ1) is 11.0. The number of aryl methyl sites for hydroxylation is 1. The van der Waals surface area contributed by atoms with Crippen LogP contribution in [0.25, 0.3) is 0 Å². The van der Waals surface area contributed by atoms with Crippen molar-refractivity contribution in [2.24, 2.45) is 7.05 Å². The Kier molecular flexibility index (Phi) is 6.18. The molecule has 1 aromatic carbocycles. The van der Waals surface area contributed by atoms with Gasteiger partial charge in [-0.3, -0.25) is 4.79 Å². The van der Waals surface area contributed by atoms with Gasteiger partial charge in [0.2, 0.25) is 5.91 Å². The van der Waals surface area contributed by atoms with Gasteiger partial charge in [-0.15, -0.1) is 10.2 Å². The first-order valence-electron chi connectivity index (χ1n) is 7.48. The van der Waals surface area contributed by atoms with Crippen LogP contribution in [0.15, 0.2) is 41.8 Å². The second-order valence-corrected chi connectivity index (χ2v) is 6.93. The van der Waals surface area contributed by atoms with E-state index in [2.05, 4.69) is 32.5 Å². The van der Waals surface area contributed by atoms with Crippen molar-refractivity contribution in [3.8, 4) is 0 Å². The molecule has 0 spiro atoms. The van der Waals surface area contributed by atoms with Gasteiger partial charge in [0.25, 0.3) is 0 Å². The van der Waals surface area contributed by atoms with Crippen LogP contribution in [0, 0.1) is 0 Å². The van der Waals surface area contributed by atoms with Gasteiger partial charge in [0.1, 0.15) is 6.33 Å². The summed E-state index contributed by atoms with van der Waals surface area (Å²) in [6.07, 6.45) is 1.63. The number of aromatic nitrogens is 3. The molecular formula is C16H23N5OS. The summed E-state index contributed by atoms with van der Waals surface area (Å²) in [4.78, 5) is 14.4. The number of thioether (sulfide) groups is 1. The van der Waals surface area contributed by atoms with Crippen molar-refractivity contribution in [3.63, 3.8) is 0 Å². The summed E-state index contributed by atoms with van der Waals surface area (Å²) in [5, 5.41) is 11.4. The highest BCUT2D eigenvalue weighted by Crippen LogP contribution is 2.21. The summed E-state index contributed by atoms with van der Waals surface area (Å²) < 4.78 is 1.81. The number of carbonyl (C=O) groups is 1. The molecule has 0 saturated heterocycles. The summed E-state index contributed by atoms with van der Waals surface area (Å²) in [5.41, 5.74) is 1.19. The summed E-state index contributed by atoms with van der Waals surface area (Å²) in [5.74, 6) is 0.000723. The minimum Gasteiger partial charge on any atom is -0.353 e. The van der Waals surface area contributed by atoms with Gasteiger partial charge >= 0.3 is 0 Å². The predicted molar refractivity (Wildman–Crippen MR) is 92.2 cm³/mol. The first-order valence-corrected chi connectivity index (χ1v) is 8.36. The highest BCUT2D eigenvalue weighted by atomic mass is 32.2. The number of benzene rings is 1. The van der Waals surface area contributed by atoms with Gasteiger partial charge in [0.05, 0.1) is 11.3 Å². The van der Waals surface area contributed by atoms with Crippen molar-refractivity contribution >= 4 is 17.7 Å². The van der Waals surface area contributed by atoms with Gasteiger partial charge < -0.3 is 14.8 Å². The third-order valence-electron chi connectivity index (χ3n) is 3.60. The lowest BCUT2D eigenvalue weighted by molar-refractivity contribution is -0.120. The Bertz CT molecular complexity index is 628. The molecule has 1 amide bonds. The number of likely N-dealkylation sites (N-methyl/N-ethyl adjacent to an activating group) is 1. The molecule has 2 aromatic rings. The molecule has 2 atom stereocenters. The van der Waals surface area contributed by atoms with Gasteiger partial charge in [-0.2, -0.15) is 0 Å². The van der Waals surface area contributed by atoms with E-state index in [1.54, 1.807) is 10.9 Å². The molecule has 0 radical (unpaired) electrons. The highest BCUT2D eigenvalue weighted by molar-refractivity contribution is 8.00. The number of carbonyl (C=O) groups excluding carboxylic acids is 1. The van der Waals surface area contributed by atoms with Gasteiger partial charge in [-0.25, -0.2) is 0 Å². The van der Waals surface area contributed by atoms with E-state index >= 15 is 0 Å². The van der Waals surface area contributed by atoms with Crippen molar-refractivity contribution in [2.45, 2.75) is 23.4 Å². The maximum absolute atomic E-state index is 12.3. The summed E-state index contributed by atoms with van der Waals surface area (Å²) in [7, 11) is 5.90. The van der Waals surface area contributed by atoms with Crippen LogP contribution in [0.2, 0.25) is 0 Å². The van der Waals surface area contributed by atoms with E-state index in [0.29, 0.717) is 6.54 Å².